The van der Waals surface area contributed by atoms with Gasteiger partial charge in [0.2, 0.25) is 0 Å². The van der Waals surface area contributed by atoms with Gasteiger partial charge in [0.1, 0.15) is 0 Å². The molecular weight excluding hydrogens is 318 g/mol. The van der Waals surface area contributed by atoms with Crippen molar-refractivity contribution in [3.8, 4) is 0 Å². The fourth-order valence-electron chi connectivity index (χ4n) is 2.85. The Morgan fingerprint density at radius 1 is 0.960 bits per heavy atom. The van der Waals surface area contributed by atoms with Gasteiger partial charge in [-0.2, -0.15) is 0 Å². The first-order valence-electron chi connectivity index (χ1n) is 8.99. The van der Waals surface area contributed by atoms with Crippen molar-refractivity contribution in [1.82, 2.24) is 4.90 Å². The van der Waals surface area contributed by atoms with Crippen molar-refractivity contribution >= 4 is 11.9 Å². The standard InChI is InChI=1S/C20H31NO4/c1-5-24-18(22)20(19(23)25-6-2,14-10-16-21(3)4)15-13-17-11-8-7-9-12-17/h7-9,11-12H,5-6,10,13-16H2,1-4H3. The summed E-state index contributed by atoms with van der Waals surface area (Å²) in [5.74, 6) is -0.939. The zero-order valence-corrected chi connectivity index (χ0v) is 15.9. The van der Waals surface area contributed by atoms with Crippen LogP contribution < -0.4 is 0 Å². The van der Waals surface area contributed by atoms with E-state index in [0.29, 0.717) is 19.3 Å². The minimum atomic E-state index is -1.24. The molecule has 0 spiro atoms. The number of aryl methyl sites for hydroxylation is 1. The highest BCUT2D eigenvalue weighted by atomic mass is 16.6. The van der Waals surface area contributed by atoms with Gasteiger partial charge in [-0.1, -0.05) is 30.3 Å². The number of carbonyl (C=O) groups is 2. The molecule has 0 N–H and O–H groups in total. The van der Waals surface area contributed by atoms with Crippen LogP contribution in [0, 0.1) is 5.41 Å². The van der Waals surface area contributed by atoms with Crippen molar-refractivity contribution in [3.05, 3.63) is 35.9 Å². The second-order valence-electron chi connectivity index (χ2n) is 6.42. The Labute approximate surface area is 151 Å². The molecule has 5 heteroatoms. The van der Waals surface area contributed by atoms with Gasteiger partial charge < -0.3 is 14.4 Å². The van der Waals surface area contributed by atoms with Crippen LogP contribution in [0.25, 0.3) is 0 Å². The van der Waals surface area contributed by atoms with E-state index < -0.39 is 17.4 Å². The number of esters is 2. The Kier molecular flexibility index (Phi) is 9.21. The molecule has 0 saturated carbocycles. The summed E-state index contributed by atoms with van der Waals surface area (Å²) >= 11 is 0. The van der Waals surface area contributed by atoms with E-state index in [9.17, 15) is 9.59 Å². The smallest absolute Gasteiger partial charge is 0.323 e. The van der Waals surface area contributed by atoms with Crippen LogP contribution in [0.3, 0.4) is 0 Å². The van der Waals surface area contributed by atoms with E-state index in [1.54, 1.807) is 13.8 Å². The predicted octanol–water partition coefficient (Wildman–Crippen LogP) is 3.07. The monoisotopic (exact) mass is 349 g/mol. The van der Waals surface area contributed by atoms with E-state index >= 15 is 0 Å². The number of hydrogen-bond donors (Lipinski definition) is 0. The minimum Gasteiger partial charge on any atom is -0.465 e. The Morgan fingerprint density at radius 2 is 1.52 bits per heavy atom. The van der Waals surface area contributed by atoms with E-state index in [2.05, 4.69) is 0 Å². The lowest BCUT2D eigenvalue weighted by molar-refractivity contribution is -0.173. The highest BCUT2D eigenvalue weighted by Crippen LogP contribution is 2.34. The maximum atomic E-state index is 12.7. The highest BCUT2D eigenvalue weighted by molar-refractivity contribution is 6.00. The molecule has 0 aliphatic carbocycles. The Bertz CT molecular complexity index is 510. The number of rotatable bonds is 11. The largest absolute Gasteiger partial charge is 0.465 e. The molecule has 0 bridgehead atoms. The van der Waals surface area contributed by atoms with E-state index in [0.717, 1.165) is 18.5 Å². The molecule has 0 aliphatic rings. The van der Waals surface area contributed by atoms with E-state index in [1.165, 1.54) is 0 Å². The molecule has 0 fully saturated rings. The lowest BCUT2D eigenvalue weighted by Gasteiger charge is -2.29. The predicted molar refractivity (Wildman–Crippen MR) is 98.3 cm³/mol. The van der Waals surface area contributed by atoms with Crippen LogP contribution in [-0.2, 0) is 25.5 Å². The Hall–Kier alpha value is -1.88. The summed E-state index contributed by atoms with van der Waals surface area (Å²) in [6.45, 7) is 4.81. The van der Waals surface area contributed by atoms with E-state index in [-0.39, 0.29) is 13.2 Å². The molecule has 25 heavy (non-hydrogen) atoms. The zero-order chi connectivity index (χ0) is 18.7. The molecule has 0 saturated heterocycles. The first kappa shape index (κ1) is 21.2. The molecule has 0 aliphatic heterocycles. The molecule has 1 rings (SSSR count). The average molecular weight is 349 g/mol. The van der Waals surface area contributed by atoms with Gasteiger partial charge in [0.05, 0.1) is 13.2 Å². The summed E-state index contributed by atoms with van der Waals surface area (Å²) in [6, 6.07) is 9.86. The molecule has 140 valence electrons. The van der Waals surface area contributed by atoms with Crippen molar-refractivity contribution in [2.24, 2.45) is 5.41 Å². The zero-order valence-electron chi connectivity index (χ0n) is 15.9. The van der Waals surface area contributed by atoms with Gasteiger partial charge in [0, 0.05) is 0 Å². The third kappa shape index (κ3) is 6.50. The lowest BCUT2D eigenvalue weighted by Crippen LogP contribution is -2.43. The summed E-state index contributed by atoms with van der Waals surface area (Å²) < 4.78 is 10.5. The fraction of sp³-hybridized carbons (Fsp3) is 0.600. The van der Waals surface area contributed by atoms with Gasteiger partial charge in [-0.3, -0.25) is 9.59 Å². The van der Waals surface area contributed by atoms with Gasteiger partial charge in [-0.15, -0.1) is 0 Å². The third-order valence-corrected chi connectivity index (χ3v) is 4.22. The summed E-state index contributed by atoms with van der Waals surface area (Å²) in [7, 11) is 3.95. The maximum Gasteiger partial charge on any atom is 0.323 e. The van der Waals surface area contributed by atoms with Crippen LogP contribution in [-0.4, -0.2) is 50.7 Å². The van der Waals surface area contributed by atoms with Crippen molar-refractivity contribution < 1.29 is 19.1 Å². The molecule has 1 aromatic rings. The quantitative estimate of drug-likeness (QED) is 0.454. The first-order valence-corrected chi connectivity index (χ1v) is 8.99. The maximum absolute atomic E-state index is 12.7. The van der Waals surface area contributed by atoms with Crippen LogP contribution in [0.1, 0.15) is 38.7 Å². The van der Waals surface area contributed by atoms with Crippen molar-refractivity contribution in [1.29, 1.82) is 0 Å². The number of carbonyl (C=O) groups excluding carboxylic acids is 2. The van der Waals surface area contributed by atoms with Gasteiger partial charge >= 0.3 is 11.9 Å². The number of nitrogens with zero attached hydrogens (tertiary/aromatic N) is 1. The van der Waals surface area contributed by atoms with Crippen LogP contribution in [0.15, 0.2) is 30.3 Å². The molecule has 5 nitrogen and oxygen atoms in total. The van der Waals surface area contributed by atoms with Gasteiger partial charge in [-0.05, 0) is 65.7 Å². The first-order chi connectivity index (χ1) is 12.0. The third-order valence-electron chi connectivity index (χ3n) is 4.22. The van der Waals surface area contributed by atoms with Crippen LogP contribution in [0.2, 0.25) is 0 Å². The molecule has 0 unspecified atom stereocenters. The van der Waals surface area contributed by atoms with Crippen LogP contribution >= 0.6 is 0 Å². The molecule has 0 heterocycles. The summed E-state index contributed by atoms with van der Waals surface area (Å²) in [4.78, 5) is 27.5. The van der Waals surface area contributed by atoms with Crippen LogP contribution in [0.5, 0.6) is 0 Å². The molecule has 0 atom stereocenters. The molecule has 0 aromatic heterocycles. The number of benzene rings is 1. The lowest BCUT2D eigenvalue weighted by atomic mass is 9.77. The van der Waals surface area contributed by atoms with Gasteiger partial charge in [-0.25, -0.2) is 0 Å². The Morgan fingerprint density at radius 3 is 2.00 bits per heavy atom. The summed E-state index contributed by atoms with van der Waals surface area (Å²) in [6.07, 6.45) is 2.16. The molecule has 0 amide bonds. The van der Waals surface area contributed by atoms with E-state index in [1.807, 2.05) is 49.3 Å². The second-order valence-corrected chi connectivity index (χ2v) is 6.42. The fourth-order valence-corrected chi connectivity index (χ4v) is 2.85. The summed E-state index contributed by atoms with van der Waals surface area (Å²) in [5, 5.41) is 0. The molecule has 1 aromatic carbocycles. The highest BCUT2D eigenvalue weighted by Gasteiger charge is 2.47. The topological polar surface area (TPSA) is 55.8 Å². The number of hydrogen-bond acceptors (Lipinski definition) is 5. The SMILES string of the molecule is CCOC(=O)C(CCCN(C)C)(CCc1ccccc1)C(=O)OCC. The van der Waals surface area contributed by atoms with Crippen molar-refractivity contribution in [3.63, 3.8) is 0 Å². The summed E-state index contributed by atoms with van der Waals surface area (Å²) in [5.41, 5.74) is -0.147. The average Bonchev–Trinajstić information content (AvgIpc) is 2.59. The molecular formula is C20H31NO4. The molecule has 0 radical (unpaired) electrons. The van der Waals surface area contributed by atoms with Gasteiger partial charge in [0.25, 0.3) is 0 Å². The normalized spacial score (nSPS) is 11.4. The van der Waals surface area contributed by atoms with E-state index in [4.69, 9.17) is 9.47 Å². The second kappa shape index (κ2) is 10.9. The van der Waals surface area contributed by atoms with Gasteiger partial charge in [0.15, 0.2) is 5.41 Å². The van der Waals surface area contributed by atoms with Crippen molar-refractivity contribution in [2.75, 3.05) is 33.9 Å². The Balaban J connectivity index is 3.03. The number of ether oxygens (including phenoxy) is 2. The van der Waals surface area contributed by atoms with Crippen LogP contribution in [0.4, 0.5) is 0 Å². The minimum absolute atomic E-state index is 0.249. The van der Waals surface area contributed by atoms with Crippen molar-refractivity contribution in [2.45, 2.75) is 39.5 Å².